The van der Waals surface area contributed by atoms with E-state index in [9.17, 15) is 0 Å². The average Bonchev–Trinajstić information content (AvgIpc) is 3.16. The van der Waals surface area contributed by atoms with Crippen molar-refractivity contribution < 1.29 is 0 Å². The fourth-order valence-corrected chi connectivity index (χ4v) is 5.44. The first-order valence-corrected chi connectivity index (χ1v) is 13.0. The normalized spacial score (nSPS) is 12.8. The predicted octanol–water partition coefficient (Wildman–Crippen LogP) is 10.3. The molecule has 5 aromatic rings. The Bertz CT molecular complexity index is 1520. The molecule has 5 aromatic carbocycles. The van der Waals surface area contributed by atoms with E-state index in [4.69, 9.17) is 0 Å². The van der Waals surface area contributed by atoms with Crippen molar-refractivity contribution in [1.82, 2.24) is 0 Å². The Labute approximate surface area is 216 Å². The van der Waals surface area contributed by atoms with E-state index in [1.807, 2.05) is 13.8 Å². The maximum atomic E-state index is 2.39. The SMILES string of the molecule is CC.Cc1cccc(-c2cccc(-c3ccc(-c4ccc5c(c4)C(C)(C)c4ccccc4-5)cc3)c2)c1. The van der Waals surface area contributed by atoms with Gasteiger partial charge in [-0.25, -0.2) is 0 Å². The van der Waals surface area contributed by atoms with Crippen molar-refractivity contribution in [2.75, 3.05) is 0 Å². The summed E-state index contributed by atoms with van der Waals surface area (Å²) in [5.74, 6) is 0. The van der Waals surface area contributed by atoms with Gasteiger partial charge in [-0.1, -0.05) is 136 Å². The van der Waals surface area contributed by atoms with Crippen molar-refractivity contribution in [3.8, 4) is 44.5 Å². The molecule has 0 bridgehead atoms. The van der Waals surface area contributed by atoms with E-state index >= 15 is 0 Å². The summed E-state index contributed by atoms with van der Waals surface area (Å²) < 4.78 is 0. The van der Waals surface area contributed by atoms with Crippen LogP contribution in [0.15, 0.2) is 115 Å². The van der Waals surface area contributed by atoms with Crippen molar-refractivity contribution in [3.63, 3.8) is 0 Å². The maximum absolute atomic E-state index is 2.39. The Morgan fingerprint density at radius 1 is 0.417 bits per heavy atom. The lowest BCUT2D eigenvalue weighted by molar-refractivity contribution is 0.660. The summed E-state index contributed by atoms with van der Waals surface area (Å²) in [5, 5.41) is 0. The fraction of sp³-hybridized carbons (Fsp3) is 0.167. The van der Waals surface area contributed by atoms with Crippen LogP contribution in [-0.4, -0.2) is 0 Å². The lowest BCUT2D eigenvalue weighted by Gasteiger charge is -2.22. The molecule has 0 heteroatoms. The third-order valence-electron chi connectivity index (χ3n) is 7.35. The standard InChI is InChI=1S/C34H28.C2H6/c1-23-8-6-9-26(20-23)28-11-7-10-27(21-28)24-14-16-25(17-15-24)29-18-19-31-30-12-4-5-13-32(30)34(2,3)33(31)22-29;1-2/h4-22H,1-3H3;1-2H3. The van der Waals surface area contributed by atoms with Gasteiger partial charge < -0.3 is 0 Å². The number of hydrogen-bond donors (Lipinski definition) is 0. The summed E-state index contributed by atoms with van der Waals surface area (Å²) in [6.07, 6.45) is 0. The monoisotopic (exact) mass is 466 g/mol. The van der Waals surface area contributed by atoms with Gasteiger partial charge in [-0.2, -0.15) is 0 Å². The first kappa shape index (κ1) is 23.8. The summed E-state index contributed by atoms with van der Waals surface area (Å²) in [6.45, 7) is 10.8. The molecule has 6 rings (SSSR count). The molecule has 0 N–H and O–H groups in total. The molecule has 0 unspecified atom stereocenters. The van der Waals surface area contributed by atoms with Crippen molar-refractivity contribution in [2.24, 2.45) is 0 Å². The Kier molecular flexibility index (Phi) is 6.37. The lowest BCUT2D eigenvalue weighted by Crippen LogP contribution is -2.14. The minimum atomic E-state index is 0.0259. The summed E-state index contributed by atoms with van der Waals surface area (Å²) in [4.78, 5) is 0. The van der Waals surface area contributed by atoms with Gasteiger partial charge in [0, 0.05) is 5.41 Å². The Balaban J connectivity index is 0.00000130. The lowest BCUT2D eigenvalue weighted by atomic mass is 9.81. The predicted molar refractivity (Wildman–Crippen MR) is 156 cm³/mol. The number of benzene rings is 5. The van der Waals surface area contributed by atoms with E-state index in [2.05, 4.69) is 136 Å². The third kappa shape index (κ3) is 4.18. The second kappa shape index (κ2) is 9.63. The van der Waals surface area contributed by atoms with Gasteiger partial charge in [0.2, 0.25) is 0 Å². The van der Waals surface area contributed by atoms with Gasteiger partial charge in [0.25, 0.3) is 0 Å². The van der Waals surface area contributed by atoms with E-state index in [0.29, 0.717) is 0 Å². The minimum absolute atomic E-state index is 0.0259. The van der Waals surface area contributed by atoms with Crippen LogP contribution in [0.25, 0.3) is 44.5 Å². The largest absolute Gasteiger partial charge is 0.0683 e. The Hall–Kier alpha value is -3.90. The van der Waals surface area contributed by atoms with E-state index in [1.165, 1.54) is 61.2 Å². The summed E-state index contributed by atoms with van der Waals surface area (Å²) >= 11 is 0. The third-order valence-corrected chi connectivity index (χ3v) is 7.35. The van der Waals surface area contributed by atoms with Crippen LogP contribution in [0, 0.1) is 6.92 Å². The zero-order valence-corrected chi connectivity index (χ0v) is 22.0. The van der Waals surface area contributed by atoms with E-state index in [1.54, 1.807) is 0 Å². The summed E-state index contributed by atoms with van der Waals surface area (Å²) in [5.41, 5.74) is 14.4. The molecule has 0 radical (unpaired) electrons. The average molecular weight is 467 g/mol. The molecule has 0 amide bonds. The maximum Gasteiger partial charge on any atom is 0.0159 e. The molecule has 178 valence electrons. The number of hydrogen-bond acceptors (Lipinski definition) is 0. The van der Waals surface area contributed by atoms with Crippen LogP contribution in [-0.2, 0) is 5.41 Å². The van der Waals surface area contributed by atoms with Crippen molar-refractivity contribution in [2.45, 2.75) is 40.0 Å². The Morgan fingerprint density at radius 3 is 1.58 bits per heavy atom. The smallest absolute Gasteiger partial charge is 0.0159 e. The minimum Gasteiger partial charge on any atom is -0.0683 e. The number of fused-ring (bicyclic) bond motifs is 3. The van der Waals surface area contributed by atoms with Gasteiger partial charge in [-0.05, 0) is 74.7 Å². The fourth-order valence-electron chi connectivity index (χ4n) is 5.44. The topological polar surface area (TPSA) is 0 Å². The van der Waals surface area contributed by atoms with Crippen LogP contribution < -0.4 is 0 Å². The summed E-state index contributed by atoms with van der Waals surface area (Å²) in [7, 11) is 0. The zero-order chi connectivity index (χ0) is 25.3. The zero-order valence-electron chi connectivity index (χ0n) is 22.0. The van der Waals surface area contributed by atoms with Gasteiger partial charge in [0.1, 0.15) is 0 Å². The molecule has 1 aliphatic carbocycles. The highest BCUT2D eigenvalue weighted by molar-refractivity contribution is 5.84. The first-order valence-electron chi connectivity index (χ1n) is 13.0. The highest BCUT2D eigenvalue weighted by atomic mass is 14.4. The van der Waals surface area contributed by atoms with Crippen molar-refractivity contribution in [1.29, 1.82) is 0 Å². The van der Waals surface area contributed by atoms with E-state index < -0.39 is 0 Å². The first-order chi connectivity index (χ1) is 17.5. The molecule has 0 heterocycles. The molecule has 0 atom stereocenters. The highest BCUT2D eigenvalue weighted by Gasteiger charge is 2.35. The molecule has 0 nitrogen and oxygen atoms in total. The second-order valence-corrected chi connectivity index (χ2v) is 9.96. The molecule has 0 aliphatic heterocycles. The van der Waals surface area contributed by atoms with E-state index in [0.717, 1.165) is 0 Å². The number of aryl methyl sites for hydroxylation is 1. The molecule has 0 aromatic heterocycles. The van der Waals surface area contributed by atoms with Crippen LogP contribution in [0.2, 0.25) is 0 Å². The van der Waals surface area contributed by atoms with Crippen LogP contribution in [0.1, 0.15) is 44.4 Å². The van der Waals surface area contributed by atoms with Gasteiger partial charge in [0.15, 0.2) is 0 Å². The van der Waals surface area contributed by atoms with Gasteiger partial charge in [0.05, 0.1) is 0 Å². The number of rotatable bonds is 3. The quantitative estimate of drug-likeness (QED) is 0.248. The van der Waals surface area contributed by atoms with Gasteiger partial charge in [-0.15, -0.1) is 0 Å². The molecule has 0 fully saturated rings. The molecule has 36 heavy (non-hydrogen) atoms. The van der Waals surface area contributed by atoms with Crippen LogP contribution in [0.5, 0.6) is 0 Å². The summed E-state index contributed by atoms with van der Waals surface area (Å²) in [6, 6.07) is 42.3. The van der Waals surface area contributed by atoms with Crippen LogP contribution in [0.3, 0.4) is 0 Å². The van der Waals surface area contributed by atoms with Crippen LogP contribution >= 0.6 is 0 Å². The molecule has 0 saturated heterocycles. The van der Waals surface area contributed by atoms with E-state index in [-0.39, 0.29) is 5.41 Å². The van der Waals surface area contributed by atoms with Crippen molar-refractivity contribution >= 4 is 0 Å². The molecule has 1 aliphatic rings. The van der Waals surface area contributed by atoms with Gasteiger partial charge in [-0.3, -0.25) is 0 Å². The molecular weight excluding hydrogens is 432 g/mol. The molecular formula is C36H34. The van der Waals surface area contributed by atoms with Crippen molar-refractivity contribution in [3.05, 3.63) is 132 Å². The molecule has 0 saturated carbocycles. The van der Waals surface area contributed by atoms with Gasteiger partial charge >= 0.3 is 0 Å². The molecule has 0 spiro atoms. The highest BCUT2D eigenvalue weighted by Crippen LogP contribution is 2.49. The second-order valence-electron chi connectivity index (χ2n) is 9.96. The Morgan fingerprint density at radius 2 is 0.917 bits per heavy atom. The van der Waals surface area contributed by atoms with Crippen LogP contribution in [0.4, 0.5) is 0 Å².